The molecule has 21 heavy (non-hydrogen) atoms. The maximum atomic E-state index is 12.1. The van der Waals surface area contributed by atoms with Crippen LogP contribution in [0.2, 0.25) is 0 Å². The number of hydrogen-bond donors (Lipinski definition) is 0. The highest BCUT2D eigenvalue weighted by molar-refractivity contribution is 5.74. The highest BCUT2D eigenvalue weighted by atomic mass is 16.2. The number of carbonyl (C=O) groups is 1. The van der Waals surface area contributed by atoms with Gasteiger partial charge in [0.05, 0.1) is 0 Å². The molecule has 0 saturated carbocycles. The van der Waals surface area contributed by atoms with E-state index < -0.39 is 0 Å². The van der Waals surface area contributed by atoms with Crippen molar-refractivity contribution in [2.75, 3.05) is 45.2 Å². The molecule has 3 heterocycles. The number of likely N-dealkylation sites (tertiary alicyclic amines) is 1. The van der Waals surface area contributed by atoms with Crippen molar-refractivity contribution < 1.29 is 4.79 Å². The van der Waals surface area contributed by atoms with E-state index in [0.29, 0.717) is 0 Å². The lowest BCUT2D eigenvalue weighted by Gasteiger charge is -2.40. The van der Waals surface area contributed by atoms with Crippen LogP contribution in [0, 0.1) is 5.41 Å². The van der Waals surface area contributed by atoms with Gasteiger partial charge in [-0.2, -0.15) is 0 Å². The van der Waals surface area contributed by atoms with Crippen molar-refractivity contribution in [3.05, 3.63) is 18.5 Å². The second-order valence-corrected chi connectivity index (χ2v) is 6.42. The lowest BCUT2D eigenvalue weighted by atomic mass is 9.79. The summed E-state index contributed by atoms with van der Waals surface area (Å²) in [5.41, 5.74) is 0.211. The molecule has 0 unspecified atom stereocenters. The first kappa shape index (κ1) is 14.1. The summed E-state index contributed by atoms with van der Waals surface area (Å²) in [4.78, 5) is 26.8. The number of carbonyl (C=O) groups excluding carboxylic acids is 1. The highest BCUT2D eigenvalue weighted by Crippen LogP contribution is 2.39. The number of rotatable bonds is 1. The predicted molar refractivity (Wildman–Crippen MR) is 81.2 cm³/mol. The molecule has 0 bridgehead atoms. The van der Waals surface area contributed by atoms with Gasteiger partial charge >= 0.3 is 6.03 Å². The summed E-state index contributed by atoms with van der Waals surface area (Å²) in [6.07, 6.45) is 6.99. The van der Waals surface area contributed by atoms with Crippen LogP contribution in [0.25, 0.3) is 0 Å². The van der Waals surface area contributed by atoms with Crippen molar-refractivity contribution in [2.45, 2.75) is 19.3 Å². The van der Waals surface area contributed by atoms with Crippen LogP contribution < -0.4 is 4.90 Å². The van der Waals surface area contributed by atoms with Crippen molar-refractivity contribution in [1.82, 2.24) is 19.8 Å². The zero-order valence-corrected chi connectivity index (χ0v) is 12.8. The third kappa shape index (κ3) is 2.80. The number of hydrogen-bond acceptors (Lipinski definition) is 4. The molecule has 1 spiro atoms. The van der Waals surface area contributed by atoms with Gasteiger partial charge in [-0.15, -0.1) is 0 Å². The zero-order valence-electron chi connectivity index (χ0n) is 12.8. The molecule has 0 aliphatic carbocycles. The number of amides is 2. The zero-order chi connectivity index (χ0) is 14.9. The molecular weight excluding hydrogens is 266 g/mol. The van der Waals surface area contributed by atoms with E-state index in [2.05, 4.69) is 14.9 Å². The van der Waals surface area contributed by atoms with Crippen molar-refractivity contribution >= 4 is 12.0 Å². The molecule has 1 atom stereocenters. The molecule has 2 fully saturated rings. The molecule has 6 nitrogen and oxygen atoms in total. The number of nitrogens with zero attached hydrogens (tertiary/aromatic N) is 5. The van der Waals surface area contributed by atoms with Crippen LogP contribution in [0.4, 0.5) is 10.7 Å². The Labute approximate surface area is 125 Å². The largest absolute Gasteiger partial charge is 0.340 e. The molecule has 0 radical (unpaired) electrons. The Hall–Kier alpha value is -1.85. The monoisotopic (exact) mass is 289 g/mol. The van der Waals surface area contributed by atoms with Gasteiger partial charge < -0.3 is 14.7 Å². The van der Waals surface area contributed by atoms with Crippen LogP contribution in [0.5, 0.6) is 0 Å². The molecule has 1 aromatic heterocycles. The summed E-state index contributed by atoms with van der Waals surface area (Å²) in [5.74, 6) is 0.814. The molecular formula is C15H23N5O. The average Bonchev–Trinajstić information content (AvgIpc) is 2.90. The minimum absolute atomic E-state index is 0.125. The Bertz CT molecular complexity index is 506. The van der Waals surface area contributed by atoms with Gasteiger partial charge in [0.2, 0.25) is 5.95 Å². The summed E-state index contributed by atoms with van der Waals surface area (Å²) >= 11 is 0. The van der Waals surface area contributed by atoms with E-state index in [4.69, 9.17) is 0 Å². The summed E-state index contributed by atoms with van der Waals surface area (Å²) in [6.45, 7) is 3.68. The fourth-order valence-electron chi connectivity index (χ4n) is 3.55. The Morgan fingerprint density at radius 3 is 2.67 bits per heavy atom. The van der Waals surface area contributed by atoms with Crippen molar-refractivity contribution in [2.24, 2.45) is 5.41 Å². The van der Waals surface area contributed by atoms with Gasteiger partial charge in [0.1, 0.15) is 0 Å². The van der Waals surface area contributed by atoms with Crippen molar-refractivity contribution in [1.29, 1.82) is 0 Å². The quantitative estimate of drug-likeness (QED) is 0.785. The summed E-state index contributed by atoms with van der Waals surface area (Å²) in [5, 5.41) is 0. The third-order valence-electron chi connectivity index (χ3n) is 4.59. The van der Waals surface area contributed by atoms with Gasteiger partial charge in [-0.25, -0.2) is 14.8 Å². The molecule has 2 aliphatic heterocycles. The molecule has 2 aliphatic rings. The second kappa shape index (κ2) is 5.50. The van der Waals surface area contributed by atoms with Crippen molar-refractivity contribution in [3.63, 3.8) is 0 Å². The molecule has 6 heteroatoms. The minimum atomic E-state index is 0.125. The minimum Gasteiger partial charge on any atom is -0.340 e. The molecule has 3 rings (SSSR count). The maximum absolute atomic E-state index is 12.1. The average molecular weight is 289 g/mol. The first-order valence-corrected chi connectivity index (χ1v) is 7.58. The first-order valence-electron chi connectivity index (χ1n) is 7.58. The van der Waals surface area contributed by atoms with Crippen molar-refractivity contribution in [3.8, 4) is 0 Å². The maximum Gasteiger partial charge on any atom is 0.319 e. The highest BCUT2D eigenvalue weighted by Gasteiger charge is 2.43. The second-order valence-electron chi connectivity index (χ2n) is 6.42. The number of anilines is 1. The van der Waals surface area contributed by atoms with E-state index in [9.17, 15) is 4.79 Å². The Balaban J connectivity index is 1.70. The lowest BCUT2D eigenvalue weighted by molar-refractivity contribution is 0.169. The standard InChI is InChI=1S/C15H23N5O/c1-18(2)14(21)20-10-6-15(12-20)5-3-9-19(11-15)13-16-7-4-8-17-13/h4,7-8H,3,5-6,9-12H2,1-2H3/t15-/m1/s1. The molecule has 114 valence electrons. The smallest absolute Gasteiger partial charge is 0.319 e. The van der Waals surface area contributed by atoms with Gasteiger partial charge in [0.25, 0.3) is 0 Å². The van der Waals surface area contributed by atoms with E-state index in [1.807, 2.05) is 25.1 Å². The van der Waals surface area contributed by atoms with Gasteiger partial charge in [-0.1, -0.05) is 0 Å². The van der Waals surface area contributed by atoms with E-state index >= 15 is 0 Å². The van der Waals surface area contributed by atoms with Crippen LogP contribution in [0.3, 0.4) is 0 Å². The normalized spacial score (nSPS) is 25.4. The van der Waals surface area contributed by atoms with Gasteiger partial charge in [-0.05, 0) is 25.3 Å². The van der Waals surface area contributed by atoms with E-state index in [0.717, 1.165) is 45.0 Å². The number of urea groups is 1. The SMILES string of the molecule is CN(C)C(=O)N1CC[C@@]2(CCCN(c3ncccn3)C2)C1. The van der Waals surface area contributed by atoms with Crippen LogP contribution in [-0.2, 0) is 0 Å². The predicted octanol–water partition coefficient (Wildman–Crippen LogP) is 1.45. The topological polar surface area (TPSA) is 52.6 Å². The number of aromatic nitrogens is 2. The van der Waals surface area contributed by atoms with E-state index in [1.54, 1.807) is 17.3 Å². The number of piperidine rings is 1. The molecule has 2 amide bonds. The fraction of sp³-hybridized carbons (Fsp3) is 0.667. The van der Waals surface area contributed by atoms with Crippen LogP contribution in [-0.4, -0.2) is 66.1 Å². The van der Waals surface area contributed by atoms with Gasteiger partial charge in [0.15, 0.2) is 0 Å². The Morgan fingerprint density at radius 2 is 1.95 bits per heavy atom. The summed E-state index contributed by atoms with van der Waals surface area (Å²) < 4.78 is 0. The van der Waals surface area contributed by atoms with Crippen LogP contribution in [0.15, 0.2) is 18.5 Å². The van der Waals surface area contributed by atoms with Crippen LogP contribution in [0.1, 0.15) is 19.3 Å². The third-order valence-corrected chi connectivity index (χ3v) is 4.59. The Morgan fingerprint density at radius 1 is 1.19 bits per heavy atom. The molecule has 2 saturated heterocycles. The lowest BCUT2D eigenvalue weighted by Crippen LogP contribution is -2.47. The molecule has 0 aromatic carbocycles. The molecule has 0 N–H and O–H groups in total. The molecule has 1 aromatic rings. The Kier molecular flexibility index (Phi) is 3.69. The van der Waals surface area contributed by atoms with E-state index in [1.165, 1.54) is 6.42 Å². The first-order chi connectivity index (χ1) is 10.1. The van der Waals surface area contributed by atoms with Gasteiger partial charge in [0, 0.05) is 58.1 Å². The van der Waals surface area contributed by atoms with Crippen LogP contribution >= 0.6 is 0 Å². The summed E-state index contributed by atoms with van der Waals surface area (Å²) in [7, 11) is 3.64. The van der Waals surface area contributed by atoms with E-state index in [-0.39, 0.29) is 11.4 Å². The summed E-state index contributed by atoms with van der Waals surface area (Å²) in [6, 6.07) is 1.97. The van der Waals surface area contributed by atoms with Gasteiger partial charge in [-0.3, -0.25) is 0 Å². The fourth-order valence-corrected chi connectivity index (χ4v) is 3.55.